The fraction of sp³-hybridized carbons (Fsp3) is 0.105. The Morgan fingerprint density at radius 1 is 1.30 bits per heavy atom. The highest BCUT2D eigenvalue weighted by molar-refractivity contribution is 7.99. The number of fused-ring (bicyclic) bond motifs is 2. The van der Waals surface area contributed by atoms with Crippen molar-refractivity contribution in [1.82, 2.24) is 15.0 Å². The van der Waals surface area contributed by atoms with Crippen LogP contribution in [0, 0.1) is 0 Å². The van der Waals surface area contributed by atoms with Gasteiger partial charge in [-0.15, -0.1) is 11.3 Å². The zero-order chi connectivity index (χ0) is 18.8. The van der Waals surface area contributed by atoms with E-state index in [0.29, 0.717) is 4.88 Å². The molecule has 27 heavy (non-hydrogen) atoms. The van der Waals surface area contributed by atoms with E-state index in [1.54, 1.807) is 0 Å². The first-order valence-electron chi connectivity index (χ1n) is 8.20. The molecule has 0 aliphatic heterocycles. The second kappa shape index (κ2) is 7.42. The summed E-state index contributed by atoms with van der Waals surface area (Å²) >= 11 is 2.77. The first-order valence-corrected chi connectivity index (χ1v) is 10.0. The standard InChI is InChI=1S/C19H16N4O2S2/c1-23-14-8-4-3-7-13(14)21-19(23)26-11-17(24)22-20-10-16-18(25)12-6-2-5-9-15(12)27-16/h2-10,25H,11H2,1H3,(H,22,24). The van der Waals surface area contributed by atoms with Gasteiger partial charge in [0.1, 0.15) is 5.75 Å². The van der Waals surface area contributed by atoms with Crippen LogP contribution >= 0.6 is 23.1 Å². The van der Waals surface area contributed by atoms with Crippen LogP contribution in [0.15, 0.2) is 58.8 Å². The number of nitrogens with zero attached hydrogens (tertiary/aromatic N) is 3. The Kier molecular flexibility index (Phi) is 4.83. The van der Waals surface area contributed by atoms with Crippen LogP contribution in [-0.4, -0.2) is 32.5 Å². The molecule has 0 atom stereocenters. The van der Waals surface area contributed by atoms with Gasteiger partial charge in [-0.2, -0.15) is 5.10 Å². The third kappa shape index (κ3) is 3.54. The van der Waals surface area contributed by atoms with Crippen molar-refractivity contribution < 1.29 is 9.90 Å². The maximum atomic E-state index is 12.0. The summed E-state index contributed by atoms with van der Waals surface area (Å²) in [6, 6.07) is 15.4. The monoisotopic (exact) mass is 396 g/mol. The van der Waals surface area contributed by atoms with E-state index in [1.807, 2.05) is 60.1 Å². The van der Waals surface area contributed by atoms with Crippen LogP contribution in [0.3, 0.4) is 0 Å². The zero-order valence-electron chi connectivity index (χ0n) is 14.4. The number of hydrazone groups is 1. The number of benzene rings is 2. The molecule has 0 radical (unpaired) electrons. The quantitative estimate of drug-likeness (QED) is 0.306. The number of thioether (sulfide) groups is 1. The van der Waals surface area contributed by atoms with Gasteiger partial charge in [-0.25, -0.2) is 10.4 Å². The van der Waals surface area contributed by atoms with Crippen molar-refractivity contribution >= 4 is 56.3 Å². The van der Waals surface area contributed by atoms with Gasteiger partial charge in [0.2, 0.25) is 0 Å². The summed E-state index contributed by atoms with van der Waals surface area (Å²) in [5, 5.41) is 15.7. The fourth-order valence-corrected chi connectivity index (χ4v) is 4.47. The molecule has 2 N–H and O–H groups in total. The Balaban J connectivity index is 1.38. The first-order chi connectivity index (χ1) is 13.1. The predicted molar refractivity (Wildman–Crippen MR) is 111 cm³/mol. The number of aromatic nitrogens is 2. The molecule has 1 amide bonds. The van der Waals surface area contributed by atoms with E-state index in [-0.39, 0.29) is 17.4 Å². The Labute approximate surface area is 163 Å². The molecule has 0 aliphatic rings. The topological polar surface area (TPSA) is 79.5 Å². The fourth-order valence-electron chi connectivity index (χ4n) is 2.72. The van der Waals surface area contributed by atoms with Crippen LogP contribution in [0.4, 0.5) is 0 Å². The summed E-state index contributed by atoms with van der Waals surface area (Å²) in [6.07, 6.45) is 1.47. The van der Waals surface area contributed by atoms with Crippen LogP contribution < -0.4 is 5.43 Å². The number of hydrogen-bond donors (Lipinski definition) is 2. The second-order valence-electron chi connectivity index (χ2n) is 5.84. The Morgan fingerprint density at radius 3 is 2.89 bits per heavy atom. The maximum absolute atomic E-state index is 12.0. The highest BCUT2D eigenvalue weighted by Crippen LogP contribution is 2.35. The predicted octanol–water partition coefficient (Wildman–Crippen LogP) is 3.74. The number of carbonyl (C=O) groups is 1. The smallest absolute Gasteiger partial charge is 0.250 e. The Morgan fingerprint density at radius 2 is 2.07 bits per heavy atom. The molecule has 4 rings (SSSR count). The van der Waals surface area contributed by atoms with Crippen LogP contribution in [0.25, 0.3) is 21.1 Å². The van der Waals surface area contributed by atoms with Gasteiger partial charge in [-0.3, -0.25) is 4.79 Å². The van der Waals surface area contributed by atoms with Gasteiger partial charge < -0.3 is 9.67 Å². The summed E-state index contributed by atoms with van der Waals surface area (Å²) in [5.74, 6) is 0.152. The molecule has 0 saturated heterocycles. The van der Waals surface area contributed by atoms with Crippen molar-refractivity contribution in [1.29, 1.82) is 0 Å². The molecule has 0 aliphatic carbocycles. The third-order valence-electron chi connectivity index (χ3n) is 4.05. The largest absolute Gasteiger partial charge is 0.506 e. The molecule has 0 bridgehead atoms. The molecular weight excluding hydrogens is 380 g/mol. The number of hydrogen-bond acceptors (Lipinski definition) is 6. The number of rotatable bonds is 5. The van der Waals surface area contributed by atoms with E-state index in [9.17, 15) is 9.90 Å². The Bertz CT molecular complexity index is 1160. The van der Waals surface area contributed by atoms with Crippen molar-refractivity contribution in [3.8, 4) is 5.75 Å². The van der Waals surface area contributed by atoms with Crippen molar-refractivity contribution in [2.45, 2.75) is 5.16 Å². The summed E-state index contributed by atoms with van der Waals surface area (Å²) in [4.78, 5) is 17.2. The van der Waals surface area contributed by atoms with Gasteiger partial charge in [0.25, 0.3) is 5.91 Å². The Hall–Kier alpha value is -2.84. The van der Waals surface area contributed by atoms with Gasteiger partial charge >= 0.3 is 0 Å². The van der Waals surface area contributed by atoms with Crippen molar-refractivity contribution in [2.75, 3.05) is 5.75 Å². The number of aromatic hydroxyl groups is 1. The summed E-state index contributed by atoms with van der Waals surface area (Å²) in [6.45, 7) is 0. The van der Waals surface area contributed by atoms with Gasteiger partial charge in [0.15, 0.2) is 5.16 Å². The summed E-state index contributed by atoms with van der Waals surface area (Å²) in [5.41, 5.74) is 4.42. The van der Waals surface area contributed by atoms with Crippen LogP contribution in [0.1, 0.15) is 4.88 Å². The summed E-state index contributed by atoms with van der Waals surface area (Å²) in [7, 11) is 1.93. The van der Waals surface area contributed by atoms with Gasteiger partial charge in [-0.1, -0.05) is 36.0 Å². The normalized spacial score (nSPS) is 11.6. The van der Waals surface area contributed by atoms with E-state index in [1.165, 1.54) is 29.3 Å². The SMILES string of the molecule is Cn1c(SCC(=O)NN=Cc2sc3ccccc3c2O)nc2ccccc21. The van der Waals surface area contributed by atoms with Crippen LogP contribution in [0.2, 0.25) is 0 Å². The van der Waals surface area contributed by atoms with E-state index in [0.717, 1.165) is 26.3 Å². The van der Waals surface area contributed by atoms with Crippen molar-refractivity contribution in [2.24, 2.45) is 12.1 Å². The second-order valence-corrected chi connectivity index (χ2v) is 7.86. The molecule has 0 saturated carbocycles. The molecule has 0 unspecified atom stereocenters. The van der Waals surface area contributed by atoms with E-state index < -0.39 is 0 Å². The number of carbonyl (C=O) groups excluding carboxylic acids is 1. The number of imidazole rings is 1. The lowest BCUT2D eigenvalue weighted by molar-refractivity contribution is -0.118. The number of thiophene rings is 1. The molecule has 4 aromatic rings. The minimum atomic E-state index is -0.232. The highest BCUT2D eigenvalue weighted by atomic mass is 32.2. The number of para-hydroxylation sites is 2. The minimum Gasteiger partial charge on any atom is -0.506 e. The lowest BCUT2D eigenvalue weighted by Crippen LogP contribution is -2.19. The van der Waals surface area contributed by atoms with Gasteiger partial charge in [-0.05, 0) is 24.3 Å². The number of aryl methyl sites for hydroxylation is 1. The summed E-state index contributed by atoms with van der Waals surface area (Å²) < 4.78 is 2.94. The molecule has 2 aromatic heterocycles. The number of amides is 1. The molecule has 2 heterocycles. The first kappa shape index (κ1) is 17.6. The lowest BCUT2D eigenvalue weighted by Gasteiger charge is -2.01. The lowest BCUT2D eigenvalue weighted by atomic mass is 10.2. The molecular formula is C19H16N4O2S2. The molecule has 0 fully saturated rings. The van der Waals surface area contributed by atoms with Crippen molar-refractivity contribution in [3.63, 3.8) is 0 Å². The van der Waals surface area contributed by atoms with E-state index in [4.69, 9.17) is 0 Å². The van der Waals surface area contributed by atoms with E-state index in [2.05, 4.69) is 15.5 Å². The average Bonchev–Trinajstić information content (AvgIpc) is 3.18. The molecule has 136 valence electrons. The zero-order valence-corrected chi connectivity index (χ0v) is 16.0. The molecule has 0 spiro atoms. The average molecular weight is 396 g/mol. The van der Waals surface area contributed by atoms with Crippen LogP contribution in [-0.2, 0) is 11.8 Å². The number of nitrogens with one attached hydrogen (secondary N) is 1. The van der Waals surface area contributed by atoms with Crippen LogP contribution in [0.5, 0.6) is 5.75 Å². The molecule has 8 heteroatoms. The third-order valence-corrected chi connectivity index (χ3v) is 6.17. The van der Waals surface area contributed by atoms with E-state index >= 15 is 0 Å². The molecule has 6 nitrogen and oxygen atoms in total. The van der Waals surface area contributed by atoms with Gasteiger partial charge in [0.05, 0.1) is 27.9 Å². The maximum Gasteiger partial charge on any atom is 0.250 e. The highest BCUT2D eigenvalue weighted by Gasteiger charge is 2.11. The van der Waals surface area contributed by atoms with Gasteiger partial charge in [0, 0.05) is 17.1 Å². The van der Waals surface area contributed by atoms with Crippen molar-refractivity contribution in [3.05, 3.63) is 53.4 Å². The molecule has 2 aromatic carbocycles. The minimum absolute atomic E-state index is 0.183.